The largest absolute Gasteiger partial charge is 0.298 e. The van der Waals surface area contributed by atoms with Crippen molar-refractivity contribution in [2.24, 2.45) is 28.6 Å². The fourth-order valence-electron chi connectivity index (χ4n) is 2.81. The Morgan fingerprint density at radius 1 is 1.25 bits per heavy atom. The molecule has 1 rings (SSSR count). The molecule has 0 heterocycles. The third kappa shape index (κ3) is 1.88. The molecule has 1 aliphatic carbocycles. The van der Waals surface area contributed by atoms with Crippen LogP contribution in [0.15, 0.2) is 0 Å². The zero-order chi connectivity index (χ0) is 12.7. The lowest BCUT2D eigenvalue weighted by Crippen LogP contribution is -2.19. The third-order valence-corrected chi connectivity index (χ3v) is 4.51. The van der Waals surface area contributed by atoms with Gasteiger partial charge in [-0.25, -0.2) is 0 Å². The van der Waals surface area contributed by atoms with Gasteiger partial charge >= 0.3 is 0 Å². The molecule has 0 aromatic rings. The van der Waals surface area contributed by atoms with Gasteiger partial charge in [0.15, 0.2) is 5.78 Å². The van der Waals surface area contributed by atoms with Gasteiger partial charge in [0.1, 0.15) is 5.92 Å². The van der Waals surface area contributed by atoms with Crippen LogP contribution in [-0.2, 0) is 4.79 Å². The molecule has 0 bridgehead atoms. The van der Waals surface area contributed by atoms with Crippen molar-refractivity contribution in [3.8, 4) is 6.07 Å². The van der Waals surface area contributed by atoms with Crippen LogP contribution in [0.1, 0.15) is 48.0 Å². The molecule has 0 radical (unpaired) electrons. The van der Waals surface area contributed by atoms with Gasteiger partial charge < -0.3 is 0 Å². The number of rotatable bonds is 4. The van der Waals surface area contributed by atoms with Gasteiger partial charge in [-0.1, -0.05) is 41.5 Å². The molecule has 2 heteroatoms. The lowest BCUT2D eigenvalue weighted by molar-refractivity contribution is -0.124. The Hall–Kier alpha value is -0.840. The molecule has 1 atom stereocenters. The SMILES string of the molecule is CC(C)CC(C#N)C(=O)C1C(C)(C)C1(C)C. The fraction of sp³-hybridized carbons (Fsp3) is 0.857. The van der Waals surface area contributed by atoms with E-state index in [-0.39, 0.29) is 22.5 Å². The highest BCUT2D eigenvalue weighted by Crippen LogP contribution is 2.69. The average molecular weight is 221 g/mol. The molecule has 0 amide bonds. The van der Waals surface area contributed by atoms with Crippen LogP contribution in [0.3, 0.4) is 0 Å². The number of hydrogen-bond donors (Lipinski definition) is 0. The Morgan fingerprint density at radius 2 is 1.69 bits per heavy atom. The van der Waals surface area contributed by atoms with Crippen molar-refractivity contribution < 1.29 is 4.79 Å². The Balaban J connectivity index is 2.77. The first-order chi connectivity index (χ1) is 7.16. The summed E-state index contributed by atoms with van der Waals surface area (Å²) in [7, 11) is 0. The highest BCUT2D eigenvalue weighted by atomic mass is 16.1. The maximum absolute atomic E-state index is 12.3. The summed E-state index contributed by atoms with van der Waals surface area (Å²) in [5, 5.41) is 9.09. The molecule has 1 unspecified atom stereocenters. The molecule has 0 saturated heterocycles. The van der Waals surface area contributed by atoms with Crippen molar-refractivity contribution >= 4 is 5.78 Å². The predicted molar refractivity (Wildman–Crippen MR) is 64.6 cm³/mol. The topological polar surface area (TPSA) is 40.9 Å². The van der Waals surface area contributed by atoms with E-state index in [9.17, 15) is 4.79 Å². The molecule has 16 heavy (non-hydrogen) atoms. The van der Waals surface area contributed by atoms with E-state index in [4.69, 9.17) is 5.26 Å². The van der Waals surface area contributed by atoms with Crippen LogP contribution >= 0.6 is 0 Å². The lowest BCUT2D eigenvalue weighted by atomic mass is 9.90. The summed E-state index contributed by atoms with van der Waals surface area (Å²) < 4.78 is 0. The Labute approximate surface area is 99.0 Å². The van der Waals surface area contributed by atoms with Gasteiger partial charge in [-0.05, 0) is 23.2 Å². The van der Waals surface area contributed by atoms with Gasteiger partial charge in [-0.3, -0.25) is 4.79 Å². The van der Waals surface area contributed by atoms with Crippen LogP contribution in [0.2, 0.25) is 0 Å². The first-order valence-corrected chi connectivity index (χ1v) is 6.09. The number of Topliss-reactive ketones (excluding diaryl/α,β-unsaturated/α-hetero) is 1. The highest BCUT2D eigenvalue weighted by Gasteiger charge is 2.68. The van der Waals surface area contributed by atoms with Gasteiger partial charge in [0, 0.05) is 5.92 Å². The van der Waals surface area contributed by atoms with Crippen molar-refractivity contribution in [3.05, 3.63) is 0 Å². The van der Waals surface area contributed by atoms with E-state index in [2.05, 4.69) is 47.6 Å². The monoisotopic (exact) mass is 221 g/mol. The standard InChI is InChI=1S/C14H23NO/c1-9(2)7-10(8-15)11(16)12-13(3,4)14(12,5)6/h9-10,12H,7H2,1-6H3. The highest BCUT2D eigenvalue weighted by molar-refractivity contribution is 5.90. The zero-order valence-corrected chi connectivity index (χ0v) is 11.3. The van der Waals surface area contributed by atoms with Gasteiger partial charge in [0.2, 0.25) is 0 Å². The normalized spacial score (nSPS) is 23.9. The van der Waals surface area contributed by atoms with Gasteiger partial charge in [0.25, 0.3) is 0 Å². The number of nitrogens with zero attached hydrogens (tertiary/aromatic N) is 1. The van der Waals surface area contributed by atoms with Crippen molar-refractivity contribution in [3.63, 3.8) is 0 Å². The van der Waals surface area contributed by atoms with Gasteiger partial charge in [-0.2, -0.15) is 5.26 Å². The maximum atomic E-state index is 12.3. The summed E-state index contributed by atoms with van der Waals surface area (Å²) in [6.07, 6.45) is 0.692. The lowest BCUT2D eigenvalue weighted by Gasteiger charge is -2.11. The second-order valence-electron chi connectivity index (χ2n) is 6.59. The van der Waals surface area contributed by atoms with Crippen molar-refractivity contribution in [1.29, 1.82) is 5.26 Å². The summed E-state index contributed by atoms with van der Waals surface area (Å²) >= 11 is 0. The molecule has 2 nitrogen and oxygen atoms in total. The first kappa shape index (κ1) is 13.2. The number of hydrogen-bond acceptors (Lipinski definition) is 2. The van der Waals surface area contributed by atoms with Crippen LogP contribution in [0.25, 0.3) is 0 Å². The molecule has 1 aliphatic rings. The maximum Gasteiger partial charge on any atom is 0.154 e. The van der Waals surface area contributed by atoms with E-state index in [1.54, 1.807) is 0 Å². The quantitative estimate of drug-likeness (QED) is 0.729. The number of nitriles is 1. The second-order valence-corrected chi connectivity index (χ2v) is 6.59. The smallest absolute Gasteiger partial charge is 0.154 e. The number of ketones is 1. The molecule has 0 aromatic heterocycles. The molecule has 1 fully saturated rings. The average Bonchev–Trinajstić information content (AvgIpc) is 2.52. The minimum Gasteiger partial charge on any atom is -0.298 e. The predicted octanol–water partition coefficient (Wildman–Crippen LogP) is 3.42. The molecular weight excluding hydrogens is 198 g/mol. The van der Waals surface area contributed by atoms with Crippen LogP contribution < -0.4 is 0 Å². The van der Waals surface area contributed by atoms with Crippen LogP contribution in [-0.4, -0.2) is 5.78 Å². The minimum atomic E-state index is -0.411. The molecule has 0 aliphatic heterocycles. The first-order valence-electron chi connectivity index (χ1n) is 6.09. The summed E-state index contributed by atoms with van der Waals surface area (Å²) in [5.74, 6) is 0.208. The molecular formula is C14H23NO. The summed E-state index contributed by atoms with van der Waals surface area (Å²) in [4.78, 5) is 12.3. The summed E-state index contributed by atoms with van der Waals surface area (Å²) in [5.41, 5.74) is 0.103. The van der Waals surface area contributed by atoms with E-state index in [0.29, 0.717) is 12.3 Å². The van der Waals surface area contributed by atoms with Crippen molar-refractivity contribution in [2.45, 2.75) is 48.0 Å². The number of carbonyl (C=O) groups excluding carboxylic acids is 1. The summed E-state index contributed by atoms with van der Waals surface area (Å²) in [6, 6.07) is 2.18. The van der Waals surface area contributed by atoms with E-state index in [1.807, 2.05) is 0 Å². The Bertz CT molecular complexity index is 319. The van der Waals surface area contributed by atoms with Crippen LogP contribution in [0.4, 0.5) is 0 Å². The summed E-state index contributed by atoms with van der Waals surface area (Å²) in [6.45, 7) is 12.6. The Morgan fingerprint density at radius 3 is 1.94 bits per heavy atom. The van der Waals surface area contributed by atoms with E-state index < -0.39 is 5.92 Å². The van der Waals surface area contributed by atoms with Crippen molar-refractivity contribution in [2.75, 3.05) is 0 Å². The van der Waals surface area contributed by atoms with E-state index >= 15 is 0 Å². The molecule has 0 aromatic carbocycles. The van der Waals surface area contributed by atoms with Crippen molar-refractivity contribution in [1.82, 2.24) is 0 Å². The molecule has 90 valence electrons. The van der Waals surface area contributed by atoms with Gasteiger partial charge in [-0.15, -0.1) is 0 Å². The van der Waals surface area contributed by atoms with Crippen LogP contribution in [0.5, 0.6) is 0 Å². The molecule has 1 saturated carbocycles. The number of carbonyl (C=O) groups is 1. The zero-order valence-electron chi connectivity index (χ0n) is 11.3. The van der Waals surface area contributed by atoms with Gasteiger partial charge in [0.05, 0.1) is 6.07 Å². The fourth-order valence-corrected chi connectivity index (χ4v) is 2.81. The molecule has 0 spiro atoms. The van der Waals surface area contributed by atoms with E-state index in [0.717, 1.165) is 0 Å². The van der Waals surface area contributed by atoms with E-state index in [1.165, 1.54) is 0 Å². The third-order valence-electron chi connectivity index (χ3n) is 4.51. The second kappa shape index (κ2) is 3.87. The minimum absolute atomic E-state index is 0.0517. The Kier molecular flexibility index (Phi) is 3.20. The molecule has 0 N–H and O–H groups in total. The van der Waals surface area contributed by atoms with Crippen LogP contribution in [0, 0.1) is 39.9 Å².